The molecule has 1 heterocycles. The van der Waals surface area contributed by atoms with Crippen molar-refractivity contribution in [1.29, 1.82) is 0 Å². The number of hydrogen-bond acceptors (Lipinski definition) is 3. The van der Waals surface area contributed by atoms with Crippen LogP contribution in [0.2, 0.25) is 5.02 Å². The lowest BCUT2D eigenvalue weighted by Gasteiger charge is -2.08. The Morgan fingerprint density at radius 3 is 2.75 bits per heavy atom. The van der Waals surface area contributed by atoms with E-state index in [0.717, 1.165) is 5.56 Å². The molecule has 0 saturated heterocycles. The van der Waals surface area contributed by atoms with Gasteiger partial charge in [-0.2, -0.15) is 0 Å². The molecule has 1 amide bonds. The van der Waals surface area contributed by atoms with E-state index in [0.29, 0.717) is 28.6 Å². The number of aryl methyl sites for hydroxylation is 1. The van der Waals surface area contributed by atoms with Gasteiger partial charge < -0.3 is 9.84 Å². The molecule has 0 radical (unpaired) electrons. The molecule has 0 aliphatic heterocycles. The van der Waals surface area contributed by atoms with Gasteiger partial charge in [0.1, 0.15) is 5.56 Å². The van der Waals surface area contributed by atoms with Crippen molar-refractivity contribution >= 4 is 17.5 Å². The zero-order valence-electron chi connectivity index (χ0n) is 11.7. The van der Waals surface area contributed by atoms with Crippen LogP contribution >= 0.6 is 11.6 Å². The highest BCUT2D eigenvalue weighted by Gasteiger charge is 2.22. The van der Waals surface area contributed by atoms with Crippen molar-refractivity contribution < 1.29 is 9.32 Å². The molecule has 4 nitrogen and oxygen atoms in total. The highest BCUT2D eigenvalue weighted by atomic mass is 35.5. The molecule has 20 heavy (non-hydrogen) atoms. The van der Waals surface area contributed by atoms with E-state index >= 15 is 0 Å². The second-order valence-electron chi connectivity index (χ2n) is 4.94. The minimum atomic E-state index is -0.188. The van der Waals surface area contributed by atoms with Crippen molar-refractivity contribution in [2.75, 3.05) is 0 Å². The molecule has 1 N–H and O–H groups in total. The van der Waals surface area contributed by atoms with E-state index in [1.165, 1.54) is 0 Å². The van der Waals surface area contributed by atoms with Crippen molar-refractivity contribution in [3.8, 4) is 0 Å². The van der Waals surface area contributed by atoms with E-state index in [1.807, 2.05) is 32.0 Å². The van der Waals surface area contributed by atoms with Crippen molar-refractivity contribution in [3.05, 3.63) is 51.9 Å². The van der Waals surface area contributed by atoms with E-state index < -0.39 is 0 Å². The number of aromatic nitrogens is 1. The Bertz CT molecular complexity index is 620. The van der Waals surface area contributed by atoms with Crippen molar-refractivity contribution in [1.82, 2.24) is 10.5 Å². The van der Waals surface area contributed by atoms with Crippen LogP contribution in [0.5, 0.6) is 0 Å². The molecule has 0 atom stereocenters. The first-order valence-corrected chi connectivity index (χ1v) is 6.86. The fourth-order valence-electron chi connectivity index (χ4n) is 1.96. The first-order valence-electron chi connectivity index (χ1n) is 6.48. The van der Waals surface area contributed by atoms with Crippen molar-refractivity contribution in [3.63, 3.8) is 0 Å². The summed E-state index contributed by atoms with van der Waals surface area (Å²) in [6.07, 6.45) is 0. The van der Waals surface area contributed by atoms with Gasteiger partial charge in [0.25, 0.3) is 5.91 Å². The minimum absolute atomic E-state index is 0.109. The Morgan fingerprint density at radius 2 is 2.10 bits per heavy atom. The van der Waals surface area contributed by atoms with Crippen molar-refractivity contribution in [2.24, 2.45) is 0 Å². The number of hydrogen-bond donors (Lipinski definition) is 1. The lowest BCUT2D eigenvalue weighted by molar-refractivity contribution is 0.0948. The van der Waals surface area contributed by atoms with Gasteiger partial charge in [-0.05, 0) is 18.6 Å². The van der Waals surface area contributed by atoms with Gasteiger partial charge in [-0.15, -0.1) is 0 Å². The third-order valence-electron chi connectivity index (χ3n) is 3.04. The van der Waals surface area contributed by atoms with Gasteiger partial charge in [0.05, 0.1) is 5.69 Å². The number of nitrogens with zero attached hydrogens (tertiary/aromatic N) is 1. The summed E-state index contributed by atoms with van der Waals surface area (Å²) >= 11 is 6.06. The van der Waals surface area contributed by atoms with E-state index in [1.54, 1.807) is 13.0 Å². The summed E-state index contributed by atoms with van der Waals surface area (Å²) in [5.41, 5.74) is 2.00. The monoisotopic (exact) mass is 292 g/mol. The SMILES string of the molecule is Cc1noc(C(C)C)c1C(=O)NCc1ccccc1Cl. The second kappa shape index (κ2) is 6.09. The molecule has 0 fully saturated rings. The largest absolute Gasteiger partial charge is 0.360 e. The molecule has 0 bridgehead atoms. The predicted octanol–water partition coefficient (Wildman–Crippen LogP) is 3.69. The van der Waals surface area contributed by atoms with Crippen LogP contribution in [-0.2, 0) is 6.54 Å². The van der Waals surface area contributed by atoms with Gasteiger partial charge in [-0.25, -0.2) is 0 Å². The van der Waals surface area contributed by atoms with Gasteiger partial charge in [0.15, 0.2) is 5.76 Å². The van der Waals surface area contributed by atoms with Crippen LogP contribution < -0.4 is 5.32 Å². The second-order valence-corrected chi connectivity index (χ2v) is 5.34. The summed E-state index contributed by atoms with van der Waals surface area (Å²) in [7, 11) is 0. The first kappa shape index (κ1) is 14.6. The van der Waals surface area contributed by atoms with E-state index in [9.17, 15) is 4.79 Å². The number of benzene rings is 1. The number of halogens is 1. The number of amides is 1. The Balaban J connectivity index is 2.13. The lowest BCUT2D eigenvalue weighted by Crippen LogP contribution is -2.24. The quantitative estimate of drug-likeness (QED) is 0.935. The molecule has 106 valence electrons. The maximum atomic E-state index is 12.3. The molecule has 0 saturated carbocycles. The highest BCUT2D eigenvalue weighted by molar-refractivity contribution is 6.31. The molecule has 5 heteroatoms. The van der Waals surface area contributed by atoms with Crippen LogP contribution in [0.15, 0.2) is 28.8 Å². The Kier molecular flexibility index (Phi) is 4.45. The molecular formula is C15H17ClN2O2. The van der Waals surface area contributed by atoms with E-state index in [4.69, 9.17) is 16.1 Å². The Labute approximate surface area is 123 Å². The molecule has 1 aromatic heterocycles. The molecule has 1 aromatic carbocycles. The minimum Gasteiger partial charge on any atom is -0.360 e. The lowest BCUT2D eigenvalue weighted by atomic mass is 10.0. The van der Waals surface area contributed by atoms with Gasteiger partial charge in [0, 0.05) is 17.5 Å². The highest BCUT2D eigenvalue weighted by Crippen LogP contribution is 2.22. The van der Waals surface area contributed by atoms with Gasteiger partial charge >= 0.3 is 0 Å². The summed E-state index contributed by atoms with van der Waals surface area (Å²) < 4.78 is 5.22. The number of carbonyl (C=O) groups is 1. The smallest absolute Gasteiger partial charge is 0.257 e. The number of nitrogens with one attached hydrogen (secondary N) is 1. The maximum absolute atomic E-state index is 12.3. The zero-order chi connectivity index (χ0) is 14.7. The van der Waals surface area contributed by atoms with Gasteiger partial charge in [0.2, 0.25) is 0 Å². The Hall–Kier alpha value is -1.81. The zero-order valence-corrected chi connectivity index (χ0v) is 12.5. The Morgan fingerprint density at radius 1 is 1.40 bits per heavy atom. The summed E-state index contributed by atoms with van der Waals surface area (Å²) in [6, 6.07) is 7.42. The van der Waals surface area contributed by atoms with Crippen LogP contribution in [0.4, 0.5) is 0 Å². The summed E-state index contributed by atoms with van der Waals surface area (Å²) in [4.78, 5) is 12.3. The third kappa shape index (κ3) is 3.02. The van der Waals surface area contributed by atoms with Crippen LogP contribution in [0.25, 0.3) is 0 Å². The molecule has 0 aliphatic rings. The van der Waals surface area contributed by atoms with Gasteiger partial charge in [-0.3, -0.25) is 4.79 Å². The van der Waals surface area contributed by atoms with E-state index in [2.05, 4.69) is 10.5 Å². The molecule has 0 aliphatic carbocycles. The number of rotatable bonds is 4. The fraction of sp³-hybridized carbons (Fsp3) is 0.333. The maximum Gasteiger partial charge on any atom is 0.257 e. The third-order valence-corrected chi connectivity index (χ3v) is 3.41. The average Bonchev–Trinajstić information content (AvgIpc) is 2.79. The topological polar surface area (TPSA) is 55.1 Å². The molecule has 2 rings (SSSR count). The van der Waals surface area contributed by atoms with Crippen LogP contribution in [-0.4, -0.2) is 11.1 Å². The molecule has 0 unspecified atom stereocenters. The fourth-order valence-corrected chi connectivity index (χ4v) is 2.17. The molecule has 0 spiro atoms. The summed E-state index contributed by atoms with van der Waals surface area (Å²) in [5.74, 6) is 0.531. The molecule has 2 aromatic rings. The summed E-state index contributed by atoms with van der Waals surface area (Å²) in [6.45, 7) is 6.07. The van der Waals surface area contributed by atoms with Crippen LogP contribution in [0.3, 0.4) is 0 Å². The van der Waals surface area contributed by atoms with Gasteiger partial charge in [-0.1, -0.05) is 48.8 Å². The molecular weight excluding hydrogens is 276 g/mol. The normalized spacial score (nSPS) is 10.8. The average molecular weight is 293 g/mol. The van der Waals surface area contributed by atoms with E-state index in [-0.39, 0.29) is 11.8 Å². The number of carbonyl (C=O) groups excluding carboxylic acids is 1. The standard InChI is InChI=1S/C15H17ClN2O2/c1-9(2)14-13(10(3)18-20-14)15(19)17-8-11-6-4-5-7-12(11)16/h4-7,9H,8H2,1-3H3,(H,17,19). The van der Waals surface area contributed by atoms with Crippen molar-refractivity contribution in [2.45, 2.75) is 33.2 Å². The first-order chi connectivity index (χ1) is 9.50. The van der Waals surface area contributed by atoms with Crippen LogP contribution in [0.1, 0.15) is 47.1 Å². The summed E-state index contributed by atoms with van der Waals surface area (Å²) in [5, 5.41) is 7.36. The predicted molar refractivity (Wildman–Crippen MR) is 78.0 cm³/mol. The van der Waals surface area contributed by atoms with Crippen LogP contribution in [0, 0.1) is 6.92 Å².